The van der Waals surface area contributed by atoms with E-state index in [4.69, 9.17) is 11.1 Å². The smallest absolute Gasteiger partial charge is 0.265 e. The van der Waals surface area contributed by atoms with Crippen LogP contribution >= 0.6 is 11.3 Å². The molecule has 2 heterocycles. The number of hydrogen-bond donors (Lipinski definition) is 4. The van der Waals surface area contributed by atoms with Crippen molar-refractivity contribution in [3.63, 3.8) is 0 Å². The first kappa shape index (κ1) is 24.7. The van der Waals surface area contributed by atoms with Gasteiger partial charge in [-0.3, -0.25) is 14.3 Å². The number of allylic oxidation sites excluding steroid dienone is 1. The number of anilines is 2. The molecule has 0 atom stereocenters. The number of nitrogens with one attached hydrogen (secondary N) is 3. The van der Waals surface area contributed by atoms with Gasteiger partial charge < -0.3 is 21.8 Å². The van der Waals surface area contributed by atoms with E-state index in [1.807, 2.05) is 6.92 Å². The monoisotopic (exact) mass is 508 g/mol. The molecule has 0 saturated carbocycles. The Morgan fingerprint density at radius 3 is 2.53 bits per heavy atom. The second-order valence-electron chi connectivity index (χ2n) is 8.10. The number of amides is 2. The highest BCUT2D eigenvalue weighted by Gasteiger charge is 2.19. The third-order valence-corrected chi connectivity index (χ3v) is 6.68. The van der Waals surface area contributed by atoms with Crippen LogP contribution in [0.4, 0.5) is 20.3 Å². The Labute approximate surface area is 208 Å². The van der Waals surface area contributed by atoms with Crippen LogP contribution in [0.15, 0.2) is 54.2 Å². The lowest BCUT2D eigenvalue weighted by Crippen LogP contribution is -2.21. The number of primary amides is 1. The molecule has 4 rings (SSSR count). The molecule has 2 aromatic carbocycles. The van der Waals surface area contributed by atoms with Crippen molar-refractivity contribution in [1.82, 2.24) is 9.78 Å². The highest BCUT2D eigenvalue weighted by Crippen LogP contribution is 2.29. The third-order valence-electron chi connectivity index (χ3n) is 5.58. The molecule has 0 aliphatic carbocycles. The third kappa shape index (κ3) is 5.01. The van der Waals surface area contributed by atoms with Gasteiger partial charge in [0.15, 0.2) is 5.82 Å². The Balaban J connectivity index is 1.62. The largest absolute Gasteiger partial charge is 0.364 e. The van der Waals surface area contributed by atoms with Gasteiger partial charge >= 0.3 is 0 Å². The van der Waals surface area contributed by atoms with Gasteiger partial charge in [0.25, 0.3) is 11.8 Å². The molecule has 0 fully saturated rings. The van der Waals surface area contributed by atoms with Gasteiger partial charge in [-0.1, -0.05) is 6.07 Å². The van der Waals surface area contributed by atoms with Crippen LogP contribution in [0.2, 0.25) is 0 Å². The zero-order chi connectivity index (χ0) is 26.1. The van der Waals surface area contributed by atoms with Crippen LogP contribution in [0.25, 0.3) is 10.1 Å². The predicted molar refractivity (Wildman–Crippen MR) is 137 cm³/mol. The molecular formula is C25H22F2N6O2S. The van der Waals surface area contributed by atoms with E-state index in [1.54, 1.807) is 36.9 Å². The van der Waals surface area contributed by atoms with Gasteiger partial charge in [-0.15, -0.1) is 11.3 Å². The Morgan fingerprint density at radius 1 is 1.11 bits per heavy atom. The lowest BCUT2D eigenvalue weighted by Gasteiger charge is -2.13. The van der Waals surface area contributed by atoms with Gasteiger partial charge in [-0.05, 0) is 61.2 Å². The average molecular weight is 509 g/mol. The first-order valence-corrected chi connectivity index (χ1v) is 11.5. The topological polar surface area (TPSA) is 126 Å². The van der Waals surface area contributed by atoms with E-state index in [0.29, 0.717) is 15.9 Å². The van der Waals surface area contributed by atoms with Gasteiger partial charge in [-0.25, -0.2) is 8.78 Å². The van der Waals surface area contributed by atoms with Crippen LogP contribution in [0, 0.1) is 30.9 Å². The summed E-state index contributed by atoms with van der Waals surface area (Å²) in [6, 6.07) is 10.0. The summed E-state index contributed by atoms with van der Waals surface area (Å²) in [5.41, 5.74) is 6.58. The molecule has 36 heavy (non-hydrogen) atoms. The summed E-state index contributed by atoms with van der Waals surface area (Å²) in [5.74, 6) is -2.11. The average Bonchev–Trinajstić information content (AvgIpc) is 3.37. The summed E-state index contributed by atoms with van der Waals surface area (Å²) in [5, 5.41) is 18.8. The number of fused-ring (bicyclic) bond motifs is 1. The summed E-state index contributed by atoms with van der Waals surface area (Å²) in [7, 11) is 1.74. The van der Waals surface area contributed by atoms with Crippen LogP contribution < -0.4 is 16.4 Å². The van der Waals surface area contributed by atoms with Crippen LogP contribution in [-0.4, -0.2) is 27.3 Å². The van der Waals surface area contributed by atoms with E-state index in [0.717, 1.165) is 23.1 Å². The van der Waals surface area contributed by atoms with E-state index in [9.17, 15) is 18.4 Å². The number of carbonyl (C=O) groups is 2. The Bertz CT molecular complexity index is 1550. The summed E-state index contributed by atoms with van der Waals surface area (Å²) in [6.45, 7) is 3.39. The van der Waals surface area contributed by atoms with Crippen molar-refractivity contribution in [2.75, 3.05) is 10.6 Å². The lowest BCUT2D eigenvalue weighted by atomic mass is 10.0. The number of aromatic nitrogens is 2. The van der Waals surface area contributed by atoms with E-state index in [-0.39, 0.29) is 33.1 Å². The zero-order valence-corrected chi connectivity index (χ0v) is 20.4. The summed E-state index contributed by atoms with van der Waals surface area (Å²) in [6.07, 6.45) is 1.22. The number of nitrogens with two attached hydrogens (primary N) is 1. The Kier molecular flexibility index (Phi) is 6.67. The zero-order valence-electron chi connectivity index (χ0n) is 19.6. The lowest BCUT2D eigenvalue weighted by molar-refractivity contribution is -0.114. The Hall–Kier alpha value is -4.38. The number of aryl methyl sites for hydroxylation is 2. The fraction of sp³-hybridized carbons (Fsp3) is 0.120. The maximum atomic E-state index is 14.7. The van der Waals surface area contributed by atoms with Crippen molar-refractivity contribution in [3.05, 3.63) is 87.6 Å². The minimum Gasteiger partial charge on any atom is -0.364 e. The van der Waals surface area contributed by atoms with Gasteiger partial charge in [0.05, 0.1) is 16.3 Å². The molecule has 0 unspecified atom stereocenters. The molecule has 184 valence electrons. The number of nitrogens with zero attached hydrogens (tertiary/aromatic N) is 2. The van der Waals surface area contributed by atoms with E-state index in [2.05, 4.69) is 15.7 Å². The summed E-state index contributed by atoms with van der Waals surface area (Å²) >= 11 is 1.08. The first-order valence-electron chi connectivity index (χ1n) is 10.7. The van der Waals surface area contributed by atoms with Gasteiger partial charge in [-0.2, -0.15) is 5.10 Å². The van der Waals surface area contributed by atoms with Gasteiger partial charge in [0.2, 0.25) is 0 Å². The molecule has 4 aromatic rings. The molecule has 2 aromatic heterocycles. The molecule has 11 heteroatoms. The van der Waals surface area contributed by atoms with Crippen molar-refractivity contribution in [1.29, 1.82) is 5.41 Å². The highest BCUT2D eigenvalue weighted by atomic mass is 32.1. The van der Waals surface area contributed by atoms with E-state index >= 15 is 0 Å². The SMILES string of the molecule is Cc1c(C(=N)/C=C(/Nc2cc(C)n(C)n2)C(N)=O)ccc(F)c1NC(=O)c1cc2ccc(F)cc2s1. The van der Waals surface area contributed by atoms with Gasteiger partial charge in [0, 0.05) is 29.1 Å². The van der Waals surface area contributed by atoms with Crippen LogP contribution in [0.5, 0.6) is 0 Å². The molecule has 5 N–H and O–H groups in total. The molecule has 2 amide bonds. The number of halogens is 2. The van der Waals surface area contributed by atoms with Crippen LogP contribution in [0.1, 0.15) is 26.5 Å². The van der Waals surface area contributed by atoms with Crippen LogP contribution in [-0.2, 0) is 11.8 Å². The fourth-order valence-electron chi connectivity index (χ4n) is 3.57. The number of thiophene rings is 1. The number of carbonyl (C=O) groups excluding carboxylic acids is 2. The summed E-state index contributed by atoms with van der Waals surface area (Å²) < 4.78 is 30.4. The molecule has 0 aliphatic heterocycles. The Morgan fingerprint density at radius 2 is 1.86 bits per heavy atom. The maximum Gasteiger partial charge on any atom is 0.265 e. The van der Waals surface area contributed by atoms with Crippen molar-refractivity contribution in [3.8, 4) is 0 Å². The molecule has 8 nitrogen and oxygen atoms in total. The second kappa shape index (κ2) is 9.70. The van der Waals surface area contributed by atoms with Crippen LogP contribution in [0.3, 0.4) is 0 Å². The molecule has 0 aliphatic rings. The van der Waals surface area contributed by atoms with Crippen molar-refractivity contribution < 1.29 is 18.4 Å². The predicted octanol–water partition coefficient (Wildman–Crippen LogP) is 4.63. The minimum absolute atomic E-state index is 0.0788. The van der Waals surface area contributed by atoms with Crippen molar-refractivity contribution in [2.45, 2.75) is 13.8 Å². The number of rotatable bonds is 7. The molecule has 0 saturated heterocycles. The number of hydrogen-bond acceptors (Lipinski definition) is 6. The normalized spacial score (nSPS) is 11.5. The van der Waals surface area contributed by atoms with Crippen molar-refractivity contribution >= 4 is 50.5 Å². The molecule has 0 radical (unpaired) electrons. The van der Waals surface area contributed by atoms with Crippen molar-refractivity contribution in [2.24, 2.45) is 12.8 Å². The molecule has 0 spiro atoms. The standard InChI is InChI=1S/C25H22F2N6O2S/c1-12-8-22(32-33(12)3)30-19(24(29)34)11-18(28)16-6-7-17(27)23(13(16)2)31-25(35)21-9-14-4-5-15(26)10-20(14)36-21/h4-11,28H,1-3H3,(H2,29,34)(H,30,32)(H,31,35)/b19-11+,28-18?. The minimum atomic E-state index is -0.808. The summed E-state index contributed by atoms with van der Waals surface area (Å²) in [4.78, 5) is 25.1. The first-order chi connectivity index (χ1) is 17.0. The van der Waals surface area contributed by atoms with E-state index in [1.165, 1.54) is 24.3 Å². The van der Waals surface area contributed by atoms with E-state index < -0.39 is 23.4 Å². The molecule has 0 bridgehead atoms. The maximum absolute atomic E-state index is 14.7. The van der Waals surface area contributed by atoms with Gasteiger partial charge in [0.1, 0.15) is 17.3 Å². The highest BCUT2D eigenvalue weighted by molar-refractivity contribution is 7.20. The second-order valence-corrected chi connectivity index (χ2v) is 9.18. The fourth-order valence-corrected chi connectivity index (χ4v) is 4.55. The molecular weight excluding hydrogens is 486 g/mol. The quantitative estimate of drug-likeness (QED) is 0.214. The number of benzene rings is 2.